The topological polar surface area (TPSA) is 50.4 Å². The number of benzene rings is 2. The lowest BCUT2D eigenvalue weighted by molar-refractivity contribution is -0.137. The third-order valence-electron chi connectivity index (χ3n) is 5.45. The number of halogens is 4. The average molecular weight is 457 g/mol. The Morgan fingerprint density at radius 1 is 1.29 bits per heavy atom. The lowest BCUT2D eigenvalue weighted by Crippen LogP contribution is -2.58. The quantitative estimate of drug-likeness (QED) is 0.491. The van der Waals surface area contributed by atoms with Crippen molar-refractivity contribution in [1.29, 1.82) is 0 Å². The molecular weight excluding hydrogens is 432 g/mol. The zero-order valence-corrected chi connectivity index (χ0v) is 18.0. The molecule has 0 saturated carbocycles. The molecule has 0 radical (unpaired) electrons. The fourth-order valence-electron chi connectivity index (χ4n) is 3.96. The van der Waals surface area contributed by atoms with Crippen LogP contribution in [0.4, 0.5) is 17.6 Å². The number of piperidine rings is 1. The van der Waals surface area contributed by atoms with Crippen LogP contribution in [0, 0.1) is 5.92 Å². The molecule has 2 aromatic carbocycles. The molecule has 4 nitrogen and oxygen atoms in total. The maximum atomic E-state index is 13.5. The lowest BCUT2D eigenvalue weighted by atomic mass is 9.78. The van der Waals surface area contributed by atoms with Crippen LogP contribution in [0.5, 0.6) is 5.75 Å². The number of rotatable bonds is 6. The first kappa shape index (κ1) is 23.4. The van der Waals surface area contributed by atoms with Crippen molar-refractivity contribution in [3.8, 4) is 5.75 Å². The van der Waals surface area contributed by atoms with Crippen LogP contribution in [0.2, 0.25) is 0 Å². The van der Waals surface area contributed by atoms with Crippen molar-refractivity contribution in [2.24, 2.45) is 5.92 Å². The third-order valence-corrected chi connectivity index (χ3v) is 6.22. The van der Waals surface area contributed by atoms with Crippen molar-refractivity contribution < 1.29 is 27.1 Å². The number of alkyl halides is 4. The number of nitrogens with one attached hydrogen (secondary N) is 2. The number of carbonyl (C=O) groups excluding carboxylic acids is 1. The molecule has 1 amide bonds. The first-order valence-electron chi connectivity index (χ1n) is 9.72. The zero-order chi connectivity index (χ0) is 22.6. The van der Waals surface area contributed by atoms with Gasteiger partial charge in [-0.3, -0.25) is 9.18 Å². The van der Waals surface area contributed by atoms with Crippen molar-refractivity contribution in [3.05, 3.63) is 59.2 Å². The SMILES string of the molecule is COc1cc(C(F)(F)F)cc(SC)c1C(=O)NC1(c2ccccc2)CNCC(CF)C1. The second-order valence-corrected chi connectivity index (χ2v) is 8.36. The van der Waals surface area contributed by atoms with Gasteiger partial charge in [0, 0.05) is 23.9 Å². The Hall–Kier alpha value is -2.26. The molecule has 1 aliphatic heterocycles. The summed E-state index contributed by atoms with van der Waals surface area (Å²) in [6.07, 6.45) is -2.61. The van der Waals surface area contributed by atoms with Gasteiger partial charge >= 0.3 is 6.18 Å². The Balaban J connectivity index is 2.05. The van der Waals surface area contributed by atoms with Crippen molar-refractivity contribution in [2.45, 2.75) is 23.0 Å². The number of carbonyl (C=O) groups is 1. The van der Waals surface area contributed by atoms with Crippen LogP contribution in [0.25, 0.3) is 0 Å². The highest BCUT2D eigenvalue weighted by atomic mass is 32.2. The Morgan fingerprint density at radius 2 is 2.00 bits per heavy atom. The molecule has 1 saturated heterocycles. The van der Waals surface area contributed by atoms with E-state index in [2.05, 4.69) is 10.6 Å². The number of amides is 1. The second-order valence-electron chi connectivity index (χ2n) is 7.51. The van der Waals surface area contributed by atoms with Crippen LogP contribution in [0.3, 0.4) is 0 Å². The molecule has 168 valence electrons. The van der Waals surface area contributed by atoms with E-state index in [0.29, 0.717) is 19.5 Å². The summed E-state index contributed by atoms with van der Waals surface area (Å²) >= 11 is 1.03. The summed E-state index contributed by atoms with van der Waals surface area (Å²) in [5.74, 6) is -1.03. The molecule has 2 atom stereocenters. The first-order valence-corrected chi connectivity index (χ1v) is 10.9. The normalized spacial score (nSPS) is 21.5. The van der Waals surface area contributed by atoms with E-state index in [1.54, 1.807) is 6.26 Å². The molecular formula is C22H24F4N2O2S. The van der Waals surface area contributed by atoms with E-state index in [1.165, 1.54) is 7.11 Å². The summed E-state index contributed by atoms with van der Waals surface area (Å²) in [5, 5.41) is 6.17. The largest absolute Gasteiger partial charge is 0.496 e. The van der Waals surface area contributed by atoms with Crippen molar-refractivity contribution in [3.63, 3.8) is 0 Å². The number of thioether (sulfide) groups is 1. The van der Waals surface area contributed by atoms with E-state index in [9.17, 15) is 22.4 Å². The number of hydrogen-bond acceptors (Lipinski definition) is 4. The van der Waals surface area contributed by atoms with Crippen LogP contribution in [-0.4, -0.2) is 39.0 Å². The molecule has 0 aromatic heterocycles. The van der Waals surface area contributed by atoms with Gasteiger partial charge in [0.15, 0.2) is 0 Å². The van der Waals surface area contributed by atoms with Crippen molar-refractivity contribution >= 4 is 17.7 Å². The number of ether oxygens (including phenoxy) is 1. The average Bonchev–Trinajstić information content (AvgIpc) is 2.78. The highest BCUT2D eigenvalue weighted by Gasteiger charge is 2.41. The third kappa shape index (κ3) is 4.98. The highest BCUT2D eigenvalue weighted by molar-refractivity contribution is 7.98. The summed E-state index contributed by atoms with van der Waals surface area (Å²) in [6.45, 7) is 0.314. The van der Waals surface area contributed by atoms with Crippen LogP contribution < -0.4 is 15.4 Å². The summed E-state index contributed by atoms with van der Waals surface area (Å²) in [6, 6.07) is 11.0. The van der Waals surface area contributed by atoms with Crippen LogP contribution in [0.1, 0.15) is 27.9 Å². The van der Waals surface area contributed by atoms with E-state index in [0.717, 1.165) is 29.5 Å². The van der Waals surface area contributed by atoms with Crippen LogP contribution >= 0.6 is 11.8 Å². The summed E-state index contributed by atoms with van der Waals surface area (Å²) < 4.78 is 58.5. The van der Waals surface area contributed by atoms with Gasteiger partial charge in [-0.2, -0.15) is 13.2 Å². The Bertz CT molecular complexity index is 898. The molecule has 9 heteroatoms. The number of hydrogen-bond donors (Lipinski definition) is 2. The van der Waals surface area contributed by atoms with E-state index in [4.69, 9.17) is 4.74 Å². The van der Waals surface area contributed by atoms with Gasteiger partial charge in [-0.15, -0.1) is 11.8 Å². The molecule has 1 fully saturated rings. The molecule has 3 rings (SSSR count). The van der Waals surface area contributed by atoms with E-state index >= 15 is 0 Å². The minimum absolute atomic E-state index is 0.0284. The van der Waals surface area contributed by atoms with Crippen LogP contribution in [-0.2, 0) is 11.7 Å². The maximum Gasteiger partial charge on any atom is 0.416 e. The molecule has 0 spiro atoms. The van der Waals surface area contributed by atoms with Gasteiger partial charge in [-0.05, 0) is 30.4 Å². The molecule has 0 bridgehead atoms. The second kappa shape index (κ2) is 9.48. The van der Waals surface area contributed by atoms with Crippen molar-refractivity contribution in [2.75, 3.05) is 33.1 Å². The monoisotopic (exact) mass is 456 g/mol. The van der Waals surface area contributed by atoms with E-state index < -0.39 is 29.9 Å². The van der Waals surface area contributed by atoms with Crippen LogP contribution in [0.15, 0.2) is 47.4 Å². The van der Waals surface area contributed by atoms with Gasteiger partial charge in [-0.1, -0.05) is 30.3 Å². The smallest absolute Gasteiger partial charge is 0.416 e. The van der Waals surface area contributed by atoms with Gasteiger partial charge in [0.2, 0.25) is 0 Å². The molecule has 1 heterocycles. The van der Waals surface area contributed by atoms with Gasteiger partial charge < -0.3 is 15.4 Å². The first-order chi connectivity index (χ1) is 14.7. The summed E-state index contributed by atoms with van der Waals surface area (Å²) in [4.78, 5) is 13.6. The predicted molar refractivity (Wildman–Crippen MR) is 112 cm³/mol. The maximum absolute atomic E-state index is 13.5. The fourth-order valence-corrected chi connectivity index (χ4v) is 4.60. The van der Waals surface area contributed by atoms with E-state index in [1.807, 2.05) is 30.3 Å². The molecule has 31 heavy (non-hydrogen) atoms. The predicted octanol–water partition coefficient (Wildman–Crippen LogP) is 4.64. The zero-order valence-electron chi connectivity index (χ0n) is 17.2. The summed E-state index contributed by atoms with van der Waals surface area (Å²) in [7, 11) is 1.23. The minimum Gasteiger partial charge on any atom is -0.496 e. The number of methoxy groups -OCH3 is 1. The summed E-state index contributed by atoms with van der Waals surface area (Å²) in [5.41, 5.74) is -0.970. The lowest BCUT2D eigenvalue weighted by Gasteiger charge is -2.42. The fraction of sp³-hybridized carbons (Fsp3) is 0.409. The van der Waals surface area contributed by atoms with E-state index in [-0.39, 0.29) is 22.1 Å². The molecule has 1 aliphatic rings. The standard InChI is InChI=1S/C22H24F4N2O2S/c1-30-17-8-16(22(24,25)26)9-18(31-2)19(17)20(29)28-21(15-6-4-3-5-7-15)10-14(11-23)12-27-13-21/h3-9,14,27H,10-13H2,1-2H3,(H,28,29). The van der Waals surface area contributed by atoms with Gasteiger partial charge in [0.05, 0.1) is 30.5 Å². The minimum atomic E-state index is -4.57. The van der Waals surface area contributed by atoms with Gasteiger partial charge in [-0.25, -0.2) is 0 Å². The Labute approximate surface area is 182 Å². The van der Waals surface area contributed by atoms with Crippen molar-refractivity contribution in [1.82, 2.24) is 10.6 Å². The Morgan fingerprint density at radius 3 is 2.58 bits per heavy atom. The molecule has 2 N–H and O–H groups in total. The Kier molecular flexibility index (Phi) is 7.16. The molecule has 2 unspecified atom stereocenters. The highest BCUT2D eigenvalue weighted by Crippen LogP contribution is 2.39. The van der Waals surface area contributed by atoms with Gasteiger partial charge in [0.1, 0.15) is 5.75 Å². The molecule has 2 aromatic rings. The molecule has 0 aliphatic carbocycles. The van der Waals surface area contributed by atoms with Gasteiger partial charge in [0.25, 0.3) is 5.91 Å².